The molecule has 0 atom stereocenters. The molecule has 0 aliphatic rings. The van der Waals surface area contributed by atoms with E-state index in [0.29, 0.717) is 6.42 Å². The zero-order valence-corrected chi connectivity index (χ0v) is 4.43. The summed E-state index contributed by atoms with van der Waals surface area (Å²) in [6.45, 7) is 1.88. The van der Waals surface area contributed by atoms with E-state index in [9.17, 15) is 4.39 Å². The van der Waals surface area contributed by atoms with Crippen LogP contribution < -0.4 is 0 Å². The third kappa shape index (κ3) is 4.22. The van der Waals surface area contributed by atoms with Gasteiger partial charge in [0.1, 0.15) is 0 Å². The minimum Gasteiger partial charge on any atom is -0.221 e. The van der Waals surface area contributed by atoms with Gasteiger partial charge in [-0.1, -0.05) is 24.9 Å². The highest BCUT2D eigenvalue weighted by atomic mass is 35.5. The molecule has 0 nitrogen and oxygen atoms in total. The zero-order chi connectivity index (χ0) is 4.99. The highest BCUT2D eigenvalue weighted by Crippen LogP contribution is 2.13. The summed E-state index contributed by atoms with van der Waals surface area (Å²) in [5, 5.41) is 0. The first-order valence-electron chi connectivity index (χ1n) is 1.94. The topological polar surface area (TPSA) is 0 Å². The molecule has 0 amide bonds. The van der Waals surface area contributed by atoms with E-state index in [-0.39, 0.29) is 0 Å². The zero-order valence-electron chi connectivity index (χ0n) is 3.67. The number of rotatable bonds is 2. The molecule has 0 aliphatic carbocycles. The lowest BCUT2D eigenvalue weighted by Gasteiger charge is -1.87. The molecule has 0 saturated heterocycles. The first-order valence-corrected chi connectivity index (χ1v) is 2.32. The van der Waals surface area contributed by atoms with Crippen molar-refractivity contribution in [2.45, 2.75) is 19.8 Å². The van der Waals surface area contributed by atoms with E-state index in [4.69, 9.17) is 11.6 Å². The Bertz CT molecular complexity index is 28.7. The molecule has 0 aromatic heterocycles. The van der Waals surface area contributed by atoms with Crippen molar-refractivity contribution in [2.75, 3.05) is 0 Å². The summed E-state index contributed by atoms with van der Waals surface area (Å²) in [5.74, 6) is 0. The molecule has 0 N–H and O–H groups in total. The molecule has 1 radical (unpaired) electrons. The Hall–Kier alpha value is 0.220. The van der Waals surface area contributed by atoms with E-state index in [1.54, 1.807) is 0 Å². The smallest absolute Gasteiger partial charge is 0.221 e. The van der Waals surface area contributed by atoms with Gasteiger partial charge >= 0.3 is 0 Å². The van der Waals surface area contributed by atoms with Gasteiger partial charge in [-0.25, -0.2) is 4.39 Å². The van der Waals surface area contributed by atoms with Crippen molar-refractivity contribution in [3.05, 3.63) is 5.63 Å². The minimum atomic E-state index is -0.488. The Morgan fingerprint density at radius 3 is 2.33 bits per heavy atom. The van der Waals surface area contributed by atoms with Gasteiger partial charge in [0.15, 0.2) is 0 Å². The fraction of sp³-hybridized carbons (Fsp3) is 0.750. The lowest BCUT2D eigenvalue weighted by molar-refractivity contribution is 0.535. The Balaban J connectivity index is 2.63. The molecule has 6 heavy (non-hydrogen) atoms. The van der Waals surface area contributed by atoms with Gasteiger partial charge < -0.3 is 0 Å². The molecule has 0 aromatic rings. The fourth-order valence-electron chi connectivity index (χ4n) is 0.189. The summed E-state index contributed by atoms with van der Waals surface area (Å²) in [6, 6.07) is 0. The van der Waals surface area contributed by atoms with Crippen molar-refractivity contribution in [3.63, 3.8) is 0 Å². The third-order valence-corrected chi connectivity index (χ3v) is 0.628. The van der Waals surface area contributed by atoms with Crippen LogP contribution in [-0.2, 0) is 0 Å². The van der Waals surface area contributed by atoms with Crippen LogP contribution in [0.3, 0.4) is 0 Å². The molecular weight excluding hydrogens is 102 g/mol. The molecule has 0 aromatic carbocycles. The summed E-state index contributed by atoms with van der Waals surface area (Å²) < 4.78 is 11.4. The molecule has 37 valence electrons. The van der Waals surface area contributed by atoms with Crippen LogP contribution in [0.25, 0.3) is 0 Å². The van der Waals surface area contributed by atoms with E-state index in [1.165, 1.54) is 0 Å². The highest BCUT2D eigenvalue weighted by Gasteiger charge is 1.96. The molecule has 0 saturated carbocycles. The maximum absolute atomic E-state index is 11.4. The Kier molecular flexibility index (Phi) is 3.54. The van der Waals surface area contributed by atoms with Gasteiger partial charge in [-0.05, 0) is 6.42 Å². The first-order chi connectivity index (χ1) is 2.77. The Labute approximate surface area is 42.3 Å². The second kappa shape index (κ2) is 3.41. The van der Waals surface area contributed by atoms with Crippen molar-refractivity contribution in [2.24, 2.45) is 0 Å². The van der Waals surface area contributed by atoms with E-state index in [1.807, 2.05) is 6.92 Å². The molecule has 0 unspecified atom stereocenters. The van der Waals surface area contributed by atoms with Crippen molar-refractivity contribution in [3.8, 4) is 0 Å². The SMILES string of the molecule is CCC[C](F)Cl. The van der Waals surface area contributed by atoms with Gasteiger partial charge in [-0.3, -0.25) is 0 Å². The lowest BCUT2D eigenvalue weighted by atomic mass is 10.4. The van der Waals surface area contributed by atoms with Crippen LogP contribution in [0.1, 0.15) is 19.8 Å². The molecule has 0 spiro atoms. The summed E-state index contributed by atoms with van der Waals surface area (Å²) in [4.78, 5) is 0. The number of hydrogen-bond acceptors (Lipinski definition) is 0. The number of hydrogen-bond donors (Lipinski definition) is 0. The summed E-state index contributed by atoms with van der Waals surface area (Å²) in [6.07, 6.45) is 1.18. The summed E-state index contributed by atoms with van der Waals surface area (Å²) in [7, 11) is 0. The van der Waals surface area contributed by atoms with Gasteiger partial charge in [0, 0.05) is 0 Å². The average Bonchev–Trinajstić information content (AvgIpc) is 1.35. The van der Waals surface area contributed by atoms with Crippen molar-refractivity contribution < 1.29 is 4.39 Å². The van der Waals surface area contributed by atoms with E-state index >= 15 is 0 Å². The van der Waals surface area contributed by atoms with Crippen LogP contribution in [0.4, 0.5) is 4.39 Å². The second-order valence-corrected chi connectivity index (χ2v) is 1.50. The van der Waals surface area contributed by atoms with Crippen molar-refractivity contribution in [1.82, 2.24) is 0 Å². The van der Waals surface area contributed by atoms with E-state index in [2.05, 4.69) is 0 Å². The molecule has 0 fully saturated rings. The molecule has 0 heterocycles. The maximum Gasteiger partial charge on any atom is 0.231 e. The predicted octanol–water partition coefficient (Wildman–Crippen LogP) is 2.48. The molecule has 0 rings (SSSR count). The Morgan fingerprint density at radius 1 is 1.83 bits per heavy atom. The van der Waals surface area contributed by atoms with Crippen LogP contribution in [0.15, 0.2) is 0 Å². The normalized spacial score (nSPS) is 10.0. The molecule has 0 bridgehead atoms. The summed E-state index contributed by atoms with van der Waals surface area (Å²) in [5.41, 5.74) is -0.488. The average molecular weight is 110 g/mol. The van der Waals surface area contributed by atoms with E-state index in [0.717, 1.165) is 6.42 Å². The standard InChI is InChI=1S/C4H7ClF/c1-2-3-4(5)6/h2-3H2,1H3. The van der Waals surface area contributed by atoms with Crippen molar-refractivity contribution >= 4 is 11.6 Å². The lowest BCUT2D eigenvalue weighted by Crippen LogP contribution is -1.71. The fourth-order valence-corrected chi connectivity index (χ4v) is 0.378. The first kappa shape index (κ1) is 6.22. The van der Waals surface area contributed by atoms with E-state index < -0.39 is 5.63 Å². The molecule has 0 aliphatic heterocycles. The predicted molar refractivity (Wildman–Crippen MR) is 25.1 cm³/mol. The molecule has 2 heteroatoms. The van der Waals surface area contributed by atoms with Crippen molar-refractivity contribution in [1.29, 1.82) is 0 Å². The van der Waals surface area contributed by atoms with Crippen LogP contribution in [-0.4, -0.2) is 0 Å². The molecular formula is C4H7ClF. The summed E-state index contributed by atoms with van der Waals surface area (Å²) >= 11 is 4.83. The van der Waals surface area contributed by atoms with Gasteiger partial charge in [0.2, 0.25) is 5.63 Å². The van der Waals surface area contributed by atoms with Gasteiger partial charge in [-0.2, -0.15) is 0 Å². The second-order valence-electron chi connectivity index (χ2n) is 1.09. The third-order valence-electron chi connectivity index (χ3n) is 0.439. The van der Waals surface area contributed by atoms with Crippen LogP contribution in [0.2, 0.25) is 0 Å². The maximum atomic E-state index is 11.4. The monoisotopic (exact) mass is 109 g/mol. The minimum absolute atomic E-state index is 0.390. The van der Waals surface area contributed by atoms with Crippen LogP contribution in [0, 0.1) is 5.63 Å². The van der Waals surface area contributed by atoms with Crippen LogP contribution in [0.5, 0.6) is 0 Å². The van der Waals surface area contributed by atoms with Gasteiger partial charge in [0.05, 0.1) is 0 Å². The largest absolute Gasteiger partial charge is 0.231 e. The highest BCUT2D eigenvalue weighted by molar-refractivity contribution is 6.25. The van der Waals surface area contributed by atoms with Crippen LogP contribution >= 0.6 is 11.6 Å². The van der Waals surface area contributed by atoms with Gasteiger partial charge in [-0.15, -0.1) is 0 Å². The quantitative estimate of drug-likeness (QED) is 0.511. The Morgan fingerprint density at radius 2 is 2.33 bits per heavy atom. The van der Waals surface area contributed by atoms with Gasteiger partial charge in [0.25, 0.3) is 0 Å². The number of halogens is 2.